The van der Waals surface area contributed by atoms with E-state index in [9.17, 15) is 0 Å². The molecular weight excluding hydrogens is 220 g/mol. The summed E-state index contributed by atoms with van der Waals surface area (Å²) in [5.74, 6) is 0.896. The van der Waals surface area contributed by atoms with Crippen LogP contribution < -0.4 is 10.6 Å². The van der Waals surface area contributed by atoms with E-state index in [2.05, 4.69) is 36.1 Å². The lowest BCUT2D eigenvalue weighted by molar-refractivity contribution is 0.359. The first-order valence-corrected chi connectivity index (χ1v) is 7.37. The maximum Gasteiger partial charge on any atom is 0.0366 e. The molecule has 2 nitrogen and oxygen atoms in total. The molecule has 2 heteroatoms. The van der Waals surface area contributed by atoms with Gasteiger partial charge in [0.05, 0.1) is 0 Å². The molecule has 1 aromatic carbocycles. The molecule has 0 radical (unpaired) electrons. The van der Waals surface area contributed by atoms with Crippen molar-refractivity contribution in [1.82, 2.24) is 0 Å². The first-order chi connectivity index (χ1) is 8.83. The smallest absolute Gasteiger partial charge is 0.0366 e. The summed E-state index contributed by atoms with van der Waals surface area (Å²) in [5.41, 5.74) is 8.21. The Hall–Kier alpha value is -1.02. The summed E-state index contributed by atoms with van der Waals surface area (Å²) in [6.45, 7) is 5.20. The van der Waals surface area contributed by atoms with Crippen LogP contribution in [0, 0.1) is 5.92 Å². The summed E-state index contributed by atoms with van der Waals surface area (Å²) < 4.78 is 0. The molecule has 0 atom stereocenters. The number of rotatable bonds is 5. The maximum atomic E-state index is 5.64. The highest BCUT2D eigenvalue weighted by molar-refractivity contribution is 5.47. The Morgan fingerprint density at radius 1 is 1.11 bits per heavy atom. The molecule has 0 heterocycles. The van der Waals surface area contributed by atoms with Crippen molar-refractivity contribution in [2.75, 3.05) is 18.0 Å². The second kappa shape index (κ2) is 6.79. The third kappa shape index (κ3) is 3.49. The fourth-order valence-electron chi connectivity index (χ4n) is 2.94. The van der Waals surface area contributed by atoms with Gasteiger partial charge < -0.3 is 10.6 Å². The van der Waals surface area contributed by atoms with Crippen LogP contribution in [0.15, 0.2) is 24.3 Å². The molecule has 18 heavy (non-hydrogen) atoms. The monoisotopic (exact) mass is 246 g/mol. The summed E-state index contributed by atoms with van der Waals surface area (Å²) in [6.07, 6.45) is 7.12. The predicted octanol–water partition coefficient (Wildman–Crippen LogP) is 3.55. The van der Waals surface area contributed by atoms with Crippen molar-refractivity contribution in [3.05, 3.63) is 29.8 Å². The number of anilines is 1. The molecule has 0 aromatic heterocycles. The van der Waals surface area contributed by atoms with E-state index in [1.807, 2.05) is 0 Å². The SMILES string of the molecule is CCN(CC1CCCCC1)c1ccc(CN)cc1. The van der Waals surface area contributed by atoms with Crippen LogP contribution in [0.1, 0.15) is 44.6 Å². The Labute approximate surface area is 111 Å². The summed E-state index contributed by atoms with van der Waals surface area (Å²) in [5, 5.41) is 0. The van der Waals surface area contributed by atoms with Gasteiger partial charge in [0.1, 0.15) is 0 Å². The topological polar surface area (TPSA) is 29.3 Å². The van der Waals surface area contributed by atoms with E-state index in [0.29, 0.717) is 6.54 Å². The molecule has 0 aliphatic heterocycles. The van der Waals surface area contributed by atoms with Gasteiger partial charge in [-0.05, 0) is 43.4 Å². The summed E-state index contributed by atoms with van der Waals surface area (Å²) in [6, 6.07) is 8.74. The van der Waals surface area contributed by atoms with Gasteiger partial charge in [-0.1, -0.05) is 31.4 Å². The first kappa shape index (κ1) is 13.4. The molecule has 0 saturated heterocycles. The van der Waals surface area contributed by atoms with E-state index in [0.717, 1.165) is 12.5 Å². The highest BCUT2D eigenvalue weighted by atomic mass is 15.1. The number of nitrogens with zero attached hydrogens (tertiary/aromatic N) is 1. The zero-order valence-electron chi connectivity index (χ0n) is 11.6. The summed E-state index contributed by atoms with van der Waals surface area (Å²) in [4.78, 5) is 2.51. The van der Waals surface area contributed by atoms with E-state index in [1.54, 1.807) is 0 Å². The largest absolute Gasteiger partial charge is 0.372 e. The van der Waals surface area contributed by atoms with Gasteiger partial charge in [-0.3, -0.25) is 0 Å². The molecular formula is C16H26N2. The molecule has 0 bridgehead atoms. The maximum absolute atomic E-state index is 5.64. The van der Waals surface area contributed by atoms with Crippen molar-refractivity contribution >= 4 is 5.69 Å². The molecule has 0 amide bonds. The molecule has 100 valence electrons. The number of hydrogen-bond acceptors (Lipinski definition) is 2. The van der Waals surface area contributed by atoms with E-state index in [1.165, 1.54) is 49.9 Å². The lowest BCUT2D eigenvalue weighted by Crippen LogP contribution is -2.30. The van der Waals surface area contributed by atoms with Crippen molar-refractivity contribution in [2.45, 2.75) is 45.6 Å². The van der Waals surface area contributed by atoms with Crippen LogP contribution in [0.25, 0.3) is 0 Å². The quantitative estimate of drug-likeness (QED) is 0.861. The molecule has 1 saturated carbocycles. The van der Waals surface area contributed by atoms with Crippen LogP contribution >= 0.6 is 0 Å². The zero-order valence-corrected chi connectivity index (χ0v) is 11.6. The minimum atomic E-state index is 0.634. The van der Waals surface area contributed by atoms with Gasteiger partial charge in [-0.15, -0.1) is 0 Å². The Morgan fingerprint density at radius 2 is 1.78 bits per heavy atom. The number of nitrogens with two attached hydrogens (primary N) is 1. The van der Waals surface area contributed by atoms with Crippen LogP contribution in [-0.4, -0.2) is 13.1 Å². The third-order valence-corrected chi connectivity index (χ3v) is 4.12. The molecule has 1 fully saturated rings. The Morgan fingerprint density at radius 3 is 2.33 bits per heavy atom. The Kier molecular flexibility index (Phi) is 5.06. The van der Waals surface area contributed by atoms with Crippen molar-refractivity contribution in [3.63, 3.8) is 0 Å². The van der Waals surface area contributed by atoms with E-state index in [-0.39, 0.29) is 0 Å². The van der Waals surface area contributed by atoms with Crippen LogP contribution in [0.4, 0.5) is 5.69 Å². The van der Waals surface area contributed by atoms with Crippen LogP contribution in [-0.2, 0) is 6.54 Å². The second-order valence-corrected chi connectivity index (χ2v) is 5.41. The van der Waals surface area contributed by atoms with Gasteiger partial charge in [0.15, 0.2) is 0 Å². The van der Waals surface area contributed by atoms with Crippen molar-refractivity contribution in [1.29, 1.82) is 0 Å². The minimum absolute atomic E-state index is 0.634. The molecule has 1 aliphatic rings. The molecule has 0 spiro atoms. The number of hydrogen-bond donors (Lipinski definition) is 1. The Balaban J connectivity index is 1.97. The normalized spacial score (nSPS) is 16.8. The van der Waals surface area contributed by atoms with E-state index >= 15 is 0 Å². The van der Waals surface area contributed by atoms with Gasteiger partial charge in [0.2, 0.25) is 0 Å². The number of benzene rings is 1. The van der Waals surface area contributed by atoms with Crippen molar-refractivity contribution < 1.29 is 0 Å². The Bertz CT molecular complexity index is 339. The molecule has 0 unspecified atom stereocenters. The molecule has 2 rings (SSSR count). The van der Waals surface area contributed by atoms with Crippen LogP contribution in [0.3, 0.4) is 0 Å². The summed E-state index contributed by atoms with van der Waals surface area (Å²) in [7, 11) is 0. The average molecular weight is 246 g/mol. The minimum Gasteiger partial charge on any atom is -0.372 e. The standard InChI is InChI=1S/C16H26N2/c1-2-18(13-15-6-4-3-5-7-15)16-10-8-14(12-17)9-11-16/h8-11,15H,2-7,12-13,17H2,1H3. The first-order valence-electron chi connectivity index (χ1n) is 7.37. The molecule has 1 aliphatic carbocycles. The van der Waals surface area contributed by atoms with Gasteiger partial charge in [0.25, 0.3) is 0 Å². The van der Waals surface area contributed by atoms with Crippen LogP contribution in [0.5, 0.6) is 0 Å². The second-order valence-electron chi connectivity index (χ2n) is 5.41. The lowest BCUT2D eigenvalue weighted by atomic mass is 9.89. The predicted molar refractivity (Wildman–Crippen MR) is 78.8 cm³/mol. The van der Waals surface area contributed by atoms with Crippen molar-refractivity contribution in [3.8, 4) is 0 Å². The molecule has 2 N–H and O–H groups in total. The van der Waals surface area contributed by atoms with Gasteiger partial charge >= 0.3 is 0 Å². The fraction of sp³-hybridized carbons (Fsp3) is 0.625. The highest BCUT2D eigenvalue weighted by Crippen LogP contribution is 2.26. The fourth-order valence-corrected chi connectivity index (χ4v) is 2.94. The van der Waals surface area contributed by atoms with Crippen LogP contribution in [0.2, 0.25) is 0 Å². The van der Waals surface area contributed by atoms with Gasteiger partial charge in [-0.2, -0.15) is 0 Å². The van der Waals surface area contributed by atoms with E-state index in [4.69, 9.17) is 5.73 Å². The third-order valence-electron chi connectivity index (χ3n) is 4.12. The summed E-state index contributed by atoms with van der Waals surface area (Å²) >= 11 is 0. The van der Waals surface area contributed by atoms with Gasteiger partial charge in [-0.25, -0.2) is 0 Å². The molecule has 1 aromatic rings. The lowest BCUT2D eigenvalue weighted by Gasteiger charge is -2.30. The van der Waals surface area contributed by atoms with E-state index < -0.39 is 0 Å². The van der Waals surface area contributed by atoms with Crippen molar-refractivity contribution in [2.24, 2.45) is 11.7 Å². The zero-order chi connectivity index (χ0) is 12.8. The highest BCUT2D eigenvalue weighted by Gasteiger charge is 2.16. The average Bonchev–Trinajstić information content (AvgIpc) is 2.46. The van der Waals surface area contributed by atoms with Gasteiger partial charge in [0, 0.05) is 25.3 Å².